The average molecular weight is 265 g/mol. The third-order valence-corrected chi connectivity index (χ3v) is 4.09. The highest BCUT2D eigenvalue weighted by Gasteiger charge is 2.14. The number of aryl methyl sites for hydroxylation is 1. The number of hydrogen-bond acceptors (Lipinski definition) is 4. The standard InChI is InChI=1S/C13H19N3OS/c1-4-10(3)16-6-5-11(15-16)7-12(17)13-14-9(2)8-18-13/h5-6,8,10,12,17H,4,7H2,1-3H3. The molecule has 0 bridgehead atoms. The van der Waals surface area contributed by atoms with E-state index < -0.39 is 6.10 Å². The number of rotatable bonds is 5. The summed E-state index contributed by atoms with van der Waals surface area (Å²) in [6.45, 7) is 6.21. The number of hydrogen-bond donors (Lipinski definition) is 1. The predicted octanol–water partition coefficient (Wildman–Crippen LogP) is 2.90. The van der Waals surface area contributed by atoms with E-state index in [2.05, 4.69) is 23.9 Å². The van der Waals surface area contributed by atoms with E-state index in [0.717, 1.165) is 22.8 Å². The van der Waals surface area contributed by atoms with Gasteiger partial charge in [0.15, 0.2) is 0 Å². The van der Waals surface area contributed by atoms with E-state index in [1.54, 1.807) is 0 Å². The van der Waals surface area contributed by atoms with Crippen LogP contribution >= 0.6 is 11.3 Å². The first-order valence-electron chi connectivity index (χ1n) is 6.24. The third-order valence-electron chi connectivity index (χ3n) is 3.03. The van der Waals surface area contributed by atoms with Crippen molar-refractivity contribution in [2.75, 3.05) is 0 Å². The minimum absolute atomic E-state index is 0.401. The summed E-state index contributed by atoms with van der Waals surface area (Å²) < 4.78 is 1.95. The van der Waals surface area contributed by atoms with Gasteiger partial charge >= 0.3 is 0 Å². The summed E-state index contributed by atoms with van der Waals surface area (Å²) in [7, 11) is 0. The van der Waals surface area contributed by atoms with Gasteiger partial charge in [-0.05, 0) is 26.3 Å². The lowest BCUT2D eigenvalue weighted by molar-refractivity contribution is 0.176. The second kappa shape index (κ2) is 5.63. The lowest BCUT2D eigenvalue weighted by Gasteiger charge is -2.09. The zero-order valence-corrected chi connectivity index (χ0v) is 11.8. The molecular weight excluding hydrogens is 246 g/mol. The zero-order valence-electron chi connectivity index (χ0n) is 11.0. The van der Waals surface area contributed by atoms with Crippen molar-refractivity contribution in [1.82, 2.24) is 14.8 Å². The van der Waals surface area contributed by atoms with Gasteiger partial charge in [-0.3, -0.25) is 4.68 Å². The van der Waals surface area contributed by atoms with Crippen LogP contribution in [0, 0.1) is 6.92 Å². The molecule has 4 nitrogen and oxygen atoms in total. The normalized spacial score (nSPS) is 14.7. The molecule has 1 N–H and O–H groups in total. The molecule has 0 fully saturated rings. The molecule has 2 aromatic rings. The molecule has 0 aliphatic heterocycles. The Bertz CT molecular complexity index is 506. The van der Waals surface area contributed by atoms with Gasteiger partial charge in [0.1, 0.15) is 11.1 Å². The van der Waals surface area contributed by atoms with E-state index in [-0.39, 0.29) is 0 Å². The number of aliphatic hydroxyl groups is 1. The molecule has 0 saturated carbocycles. The molecule has 0 radical (unpaired) electrons. The van der Waals surface area contributed by atoms with Crippen molar-refractivity contribution in [3.63, 3.8) is 0 Å². The van der Waals surface area contributed by atoms with E-state index in [0.29, 0.717) is 12.5 Å². The van der Waals surface area contributed by atoms with Crippen molar-refractivity contribution in [3.05, 3.63) is 34.0 Å². The van der Waals surface area contributed by atoms with Gasteiger partial charge in [0.2, 0.25) is 0 Å². The fraction of sp³-hybridized carbons (Fsp3) is 0.538. The van der Waals surface area contributed by atoms with Crippen molar-refractivity contribution in [2.24, 2.45) is 0 Å². The first-order chi connectivity index (χ1) is 8.60. The second-order valence-corrected chi connectivity index (χ2v) is 5.48. The maximum atomic E-state index is 10.1. The topological polar surface area (TPSA) is 50.9 Å². The van der Waals surface area contributed by atoms with Crippen molar-refractivity contribution in [2.45, 2.75) is 45.8 Å². The zero-order chi connectivity index (χ0) is 13.1. The van der Waals surface area contributed by atoms with Crippen molar-refractivity contribution in [1.29, 1.82) is 0 Å². The van der Waals surface area contributed by atoms with Gasteiger partial charge < -0.3 is 5.11 Å². The Morgan fingerprint density at radius 2 is 2.28 bits per heavy atom. The Hall–Kier alpha value is -1.20. The molecule has 0 aromatic carbocycles. The van der Waals surface area contributed by atoms with E-state index in [1.165, 1.54) is 11.3 Å². The van der Waals surface area contributed by atoms with Crippen LogP contribution in [0.5, 0.6) is 0 Å². The molecule has 5 heteroatoms. The summed E-state index contributed by atoms with van der Waals surface area (Å²) in [4.78, 5) is 4.30. The summed E-state index contributed by atoms with van der Waals surface area (Å²) in [5.74, 6) is 0. The Morgan fingerprint density at radius 3 is 2.89 bits per heavy atom. The first-order valence-corrected chi connectivity index (χ1v) is 7.12. The van der Waals surface area contributed by atoms with Crippen LogP contribution in [0.25, 0.3) is 0 Å². The maximum absolute atomic E-state index is 10.1. The van der Waals surface area contributed by atoms with Crippen molar-refractivity contribution < 1.29 is 5.11 Å². The molecule has 98 valence electrons. The van der Waals surface area contributed by atoms with Gasteiger partial charge in [-0.2, -0.15) is 5.10 Å². The molecule has 0 aliphatic rings. The summed E-state index contributed by atoms with van der Waals surface area (Å²) in [6, 6.07) is 2.37. The molecular formula is C13H19N3OS. The molecule has 0 amide bonds. The Labute approximate surface area is 111 Å². The third kappa shape index (κ3) is 2.97. The molecule has 2 aromatic heterocycles. The van der Waals surface area contributed by atoms with E-state index in [9.17, 15) is 5.11 Å². The smallest absolute Gasteiger partial charge is 0.122 e. The van der Waals surface area contributed by atoms with Crippen LogP contribution < -0.4 is 0 Å². The number of nitrogens with zero attached hydrogens (tertiary/aromatic N) is 3. The number of aromatic nitrogens is 3. The summed E-state index contributed by atoms with van der Waals surface area (Å²) >= 11 is 1.50. The van der Waals surface area contributed by atoms with Crippen LogP contribution in [-0.4, -0.2) is 19.9 Å². The summed E-state index contributed by atoms with van der Waals surface area (Å²) in [6.07, 6.45) is 3.00. The summed E-state index contributed by atoms with van der Waals surface area (Å²) in [5, 5.41) is 17.3. The highest BCUT2D eigenvalue weighted by Crippen LogP contribution is 2.21. The molecule has 2 rings (SSSR count). The van der Waals surface area contributed by atoms with Crippen molar-refractivity contribution >= 4 is 11.3 Å². The van der Waals surface area contributed by atoms with E-state index in [4.69, 9.17) is 0 Å². The van der Waals surface area contributed by atoms with Crippen LogP contribution in [0.3, 0.4) is 0 Å². The number of thiazole rings is 1. The molecule has 0 spiro atoms. The van der Waals surface area contributed by atoms with Crippen molar-refractivity contribution in [3.8, 4) is 0 Å². The highest BCUT2D eigenvalue weighted by atomic mass is 32.1. The number of aliphatic hydroxyl groups excluding tert-OH is 1. The molecule has 2 heterocycles. The van der Waals surface area contributed by atoms with Crippen LogP contribution in [0.1, 0.15) is 48.8 Å². The minimum Gasteiger partial charge on any atom is -0.386 e. The minimum atomic E-state index is -0.552. The lowest BCUT2D eigenvalue weighted by atomic mass is 10.2. The van der Waals surface area contributed by atoms with E-state index in [1.807, 2.05) is 29.2 Å². The molecule has 0 saturated heterocycles. The monoisotopic (exact) mass is 265 g/mol. The average Bonchev–Trinajstić information content (AvgIpc) is 2.97. The van der Waals surface area contributed by atoms with Gasteiger partial charge in [0.05, 0.1) is 5.69 Å². The molecule has 2 atom stereocenters. The highest BCUT2D eigenvalue weighted by molar-refractivity contribution is 7.09. The first kappa shape index (κ1) is 13.2. The second-order valence-electron chi connectivity index (χ2n) is 4.59. The van der Waals surface area contributed by atoms with Gasteiger partial charge in [-0.15, -0.1) is 11.3 Å². The van der Waals surface area contributed by atoms with Gasteiger partial charge in [0, 0.05) is 29.7 Å². The molecule has 0 aliphatic carbocycles. The van der Waals surface area contributed by atoms with E-state index >= 15 is 0 Å². The van der Waals surface area contributed by atoms with Crippen LogP contribution in [0.15, 0.2) is 17.6 Å². The van der Waals surface area contributed by atoms with Crippen LogP contribution in [0.2, 0.25) is 0 Å². The Kier molecular flexibility index (Phi) is 4.14. The Morgan fingerprint density at radius 1 is 1.50 bits per heavy atom. The molecule has 2 unspecified atom stereocenters. The van der Waals surface area contributed by atoms with Gasteiger partial charge in [0.25, 0.3) is 0 Å². The fourth-order valence-electron chi connectivity index (χ4n) is 1.73. The largest absolute Gasteiger partial charge is 0.386 e. The van der Waals surface area contributed by atoms with Crippen LogP contribution in [-0.2, 0) is 6.42 Å². The Balaban J connectivity index is 2.03. The van der Waals surface area contributed by atoms with Crippen LogP contribution in [0.4, 0.5) is 0 Å². The quantitative estimate of drug-likeness (QED) is 0.904. The van der Waals surface area contributed by atoms with Gasteiger partial charge in [-0.1, -0.05) is 6.92 Å². The molecule has 18 heavy (non-hydrogen) atoms. The fourth-order valence-corrected chi connectivity index (χ4v) is 2.51. The SMILES string of the molecule is CCC(C)n1ccc(CC(O)c2nc(C)cs2)n1. The maximum Gasteiger partial charge on any atom is 0.122 e. The lowest BCUT2D eigenvalue weighted by Crippen LogP contribution is -2.07. The predicted molar refractivity (Wildman–Crippen MR) is 72.7 cm³/mol. The van der Waals surface area contributed by atoms with Gasteiger partial charge in [-0.25, -0.2) is 4.98 Å². The summed E-state index contributed by atoms with van der Waals surface area (Å²) in [5.41, 5.74) is 1.87.